The van der Waals surface area contributed by atoms with Gasteiger partial charge in [-0.2, -0.15) is 5.10 Å². The summed E-state index contributed by atoms with van der Waals surface area (Å²) in [5.41, 5.74) is 2.88. The molecule has 0 atom stereocenters. The molecule has 10 nitrogen and oxygen atoms in total. The molecule has 0 radical (unpaired) electrons. The molecule has 0 bridgehead atoms. The molecule has 11 heteroatoms. The Bertz CT molecular complexity index is 1560. The Morgan fingerprint density at radius 1 is 1.07 bits per heavy atom. The number of fused-ring (bicyclic) bond motifs is 2. The molecule has 1 N–H and O–H groups in total. The van der Waals surface area contributed by atoms with Crippen LogP contribution in [0, 0.1) is 0 Å². The van der Waals surface area contributed by atoms with E-state index in [9.17, 15) is 9.59 Å². The van der Waals surface area contributed by atoms with E-state index in [0.29, 0.717) is 51.4 Å². The fourth-order valence-corrected chi connectivity index (χ4v) is 6.69. The Balaban J connectivity index is 1.17. The lowest BCUT2D eigenvalue weighted by atomic mass is 10.1. The topological polar surface area (TPSA) is 108 Å². The number of morpholine rings is 1. The number of carbonyl (C=O) groups is 2. The van der Waals surface area contributed by atoms with Crippen LogP contribution in [0.5, 0.6) is 0 Å². The number of ketones is 1. The lowest BCUT2D eigenvalue weighted by molar-refractivity contribution is -0.133. The lowest BCUT2D eigenvalue weighted by Gasteiger charge is -2.34. The summed E-state index contributed by atoms with van der Waals surface area (Å²) >= 11 is 1.76. The van der Waals surface area contributed by atoms with Crippen molar-refractivity contribution >= 4 is 50.0 Å². The first-order valence-corrected chi connectivity index (χ1v) is 15.1. The molecule has 4 aromatic rings. The number of carbonyl (C=O) groups excluding carboxylic acids is 2. The number of piperazine rings is 1. The minimum Gasteiger partial charge on any atom is -0.378 e. The number of amides is 1. The van der Waals surface area contributed by atoms with Gasteiger partial charge in [0.2, 0.25) is 5.91 Å². The van der Waals surface area contributed by atoms with Gasteiger partial charge in [0.05, 0.1) is 35.1 Å². The Labute approximate surface area is 243 Å². The van der Waals surface area contributed by atoms with Crippen LogP contribution in [0.2, 0.25) is 0 Å². The van der Waals surface area contributed by atoms with Crippen molar-refractivity contribution < 1.29 is 14.3 Å². The summed E-state index contributed by atoms with van der Waals surface area (Å²) in [6.07, 6.45) is 6.62. The highest BCUT2D eigenvalue weighted by Gasteiger charge is 2.24. The maximum atomic E-state index is 12.7. The van der Waals surface area contributed by atoms with Gasteiger partial charge < -0.3 is 14.5 Å². The number of ether oxygens (including phenoxy) is 1. The number of allylic oxidation sites excluding steroid dienone is 2. The van der Waals surface area contributed by atoms with Crippen molar-refractivity contribution in [1.82, 2.24) is 30.0 Å². The second-order valence-electron chi connectivity index (χ2n) is 10.5. The van der Waals surface area contributed by atoms with Crippen molar-refractivity contribution in [1.29, 1.82) is 0 Å². The quantitative estimate of drug-likeness (QED) is 0.299. The molecule has 3 aromatic heterocycles. The number of thiophene rings is 1. The van der Waals surface area contributed by atoms with Gasteiger partial charge in [0.25, 0.3) is 0 Å². The van der Waals surface area contributed by atoms with E-state index in [4.69, 9.17) is 14.7 Å². The average Bonchev–Trinajstić information content (AvgIpc) is 3.64. The molecule has 1 amide bonds. The number of benzene rings is 1. The highest BCUT2D eigenvalue weighted by Crippen LogP contribution is 2.36. The number of nitrogens with zero attached hydrogens (tertiary/aromatic N) is 6. The molecule has 0 spiro atoms. The fourth-order valence-electron chi connectivity index (χ4n) is 5.53. The molecule has 214 valence electrons. The number of hydrogen-bond donors (Lipinski definition) is 1. The number of hydrogen-bond acceptors (Lipinski definition) is 9. The molecule has 41 heavy (non-hydrogen) atoms. The van der Waals surface area contributed by atoms with Crippen molar-refractivity contribution in [2.75, 3.05) is 57.4 Å². The summed E-state index contributed by atoms with van der Waals surface area (Å²) in [4.78, 5) is 42.4. The predicted molar refractivity (Wildman–Crippen MR) is 161 cm³/mol. The van der Waals surface area contributed by atoms with Crippen molar-refractivity contribution in [3.63, 3.8) is 0 Å². The van der Waals surface area contributed by atoms with Crippen LogP contribution in [0.4, 0.5) is 5.82 Å². The Kier molecular flexibility index (Phi) is 8.36. The minimum atomic E-state index is 0.0839. The van der Waals surface area contributed by atoms with Gasteiger partial charge in [-0.05, 0) is 31.6 Å². The molecule has 6 rings (SSSR count). The molecule has 5 heterocycles. The van der Waals surface area contributed by atoms with E-state index in [1.54, 1.807) is 23.5 Å². The zero-order chi connectivity index (χ0) is 28.2. The van der Waals surface area contributed by atoms with E-state index in [0.717, 1.165) is 65.2 Å². The van der Waals surface area contributed by atoms with E-state index < -0.39 is 0 Å². The summed E-state index contributed by atoms with van der Waals surface area (Å²) in [7, 11) is 0. The number of anilines is 1. The van der Waals surface area contributed by atoms with Crippen molar-refractivity contribution in [3.8, 4) is 11.4 Å². The van der Waals surface area contributed by atoms with Crippen LogP contribution >= 0.6 is 11.3 Å². The monoisotopic (exact) mass is 573 g/mol. The van der Waals surface area contributed by atoms with Gasteiger partial charge in [-0.1, -0.05) is 18.2 Å². The zero-order valence-electron chi connectivity index (χ0n) is 23.3. The molecular formula is C30H35N7O3S. The molecule has 2 aliphatic rings. The van der Waals surface area contributed by atoms with Crippen LogP contribution in [0.25, 0.3) is 32.5 Å². The number of aromatic nitrogens is 4. The second-order valence-corrected chi connectivity index (χ2v) is 11.6. The van der Waals surface area contributed by atoms with Gasteiger partial charge in [-0.15, -0.1) is 11.3 Å². The van der Waals surface area contributed by atoms with Gasteiger partial charge >= 0.3 is 0 Å². The largest absolute Gasteiger partial charge is 0.378 e. The molecule has 1 aromatic carbocycles. The number of aromatic amines is 1. The van der Waals surface area contributed by atoms with Crippen LogP contribution in [0.15, 0.2) is 42.6 Å². The SMILES string of the molecule is CC=CC(=O)CCCC(=O)N1CCN(Cc2cc3nc(-c4cccc5[nH]ncc45)nc(N4CCOCC4)c3s2)CC1. The van der Waals surface area contributed by atoms with Crippen LogP contribution in [0.1, 0.15) is 31.1 Å². The molecule has 2 aliphatic heterocycles. The smallest absolute Gasteiger partial charge is 0.222 e. The van der Waals surface area contributed by atoms with Gasteiger partial charge in [0.15, 0.2) is 17.4 Å². The van der Waals surface area contributed by atoms with Gasteiger partial charge in [0, 0.05) is 74.5 Å². The molecule has 2 fully saturated rings. The first-order chi connectivity index (χ1) is 20.1. The maximum absolute atomic E-state index is 12.7. The third-order valence-electron chi connectivity index (χ3n) is 7.71. The van der Waals surface area contributed by atoms with Crippen molar-refractivity contribution in [2.24, 2.45) is 0 Å². The molecule has 0 aliphatic carbocycles. The minimum absolute atomic E-state index is 0.0839. The first-order valence-electron chi connectivity index (χ1n) is 14.3. The van der Waals surface area contributed by atoms with Crippen LogP contribution in [-0.2, 0) is 20.9 Å². The van der Waals surface area contributed by atoms with E-state index in [2.05, 4.69) is 32.1 Å². The zero-order valence-corrected chi connectivity index (χ0v) is 24.2. The van der Waals surface area contributed by atoms with Crippen molar-refractivity contribution in [3.05, 3.63) is 47.5 Å². The second kappa shape index (κ2) is 12.5. The van der Waals surface area contributed by atoms with E-state index in [1.165, 1.54) is 4.88 Å². The highest BCUT2D eigenvalue weighted by atomic mass is 32.1. The van der Waals surface area contributed by atoms with Gasteiger partial charge in [-0.3, -0.25) is 19.6 Å². The summed E-state index contributed by atoms with van der Waals surface area (Å²) in [5, 5.41) is 8.28. The average molecular weight is 574 g/mol. The lowest BCUT2D eigenvalue weighted by Crippen LogP contribution is -2.48. The summed E-state index contributed by atoms with van der Waals surface area (Å²) in [6.45, 7) is 8.70. The molecule has 0 unspecified atom stereocenters. The summed E-state index contributed by atoms with van der Waals surface area (Å²) < 4.78 is 6.73. The van der Waals surface area contributed by atoms with Crippen LogP contribution in [-0.4, -0.2) is 94.1 Å². The third-order valence-corrected chi connectivity index (χ3v) is 8.82. The Hall–Kier alpha value is -3.67. The normalized spacial score (nSPS) is 16.8. The Morgan fingerprint density at radius 3 is 2.71 bits per heavy atom. The molecule has 2 saturated heterocycles. The van der Waals surface area contributed by atoms with Crippen LogP contribution < -0.4 is 4.90 Å². The highest BCUT2D eigenvalue weighted by molar-refractivity contribution is 7.19. The van der Waals surface area contributed by atoms with Crippen molar-refractivity contribution in [2.45, 2.75) is 32.7 Å². The third kappa shape index (κ3) is 6.17. The number of rotatable bonds is 9. The van der Waals surface area contributed by atoms with E-state index in [-0.39, 0.29) is 11.7 Å². The Morgan fingerprint density at radius 2 is 1.90 bits per heavy atom. The van der Waals surface area contributed by atoms with E-state index >= 15 is 0 Å². The van der Waals surface area contributed by atoms with Gasteiger partial charge in [-0.25, -0.2) is 9.97 Å². The van der Waals surface area contributed by atoms with Crippen LogP contribution in [0.3, 0.4) is 0 Å². The molecular weight excluding hydrogens is 538 g/mol. The summed E-state index contributed by atoms with van der Waals surface area (Å²) in [6, 6.07) is 8.26. The van der Waals surface area contributed by atoms with Gasteiger partial charge in [0.1, 0.15) is 0 Å². The number of H-pyrrole nitrogens is 1. The fraction of sp³-hybridized carbons (Fsp3) is 0.433. The standard InChI is InChI=1S/C30H35N7O3S/c1-2-5-21(38)6-3-9-27(39)36-12-10-35(11-13-36)20-22-18-26-28(41-22)30(37-14-16-40-17-15-37)33-29(32-26)23-7-4-8-25-24(23)19-31-34-25/h2,4-5,7-8,18-19H,3,6,9-17,20H2,1H3,(H,31,34). The maximum Gasteiger partial charge on any atom is 0.222 e. The molecule has 0 saturated carbocycles. The number of nitrogens with one attached hydrogen (secondary N) is 1. The first kappa shape index (κ1) is 27.5. The van der Waals surface area contributed by atoms with E-state index in [1.807, 2.05) is 30.2 Å². The summed E-state index contributed by atoms with van der Waals surface area (Å²) in [5.74, 6) is 1.90. The predicted octanol–water partition coefficient (Wildman–Crippen LogP) is 4.03.